The van der Waals surface area contributed by atoms with Gasteiger partial charge < -0.3 is 5.73 Å². The van der Waals surface area contributed by atoms with Gasteiger partial charge in [-0.05, 0) is 46.0 Å². The molecule has 0 aliphatic heterocycles. The van der Waals surface area contributed by atoms with E-state index in [0.29, 0.717) is 0 Å². The Kier molecular flexibility index (Phi) is 4.28. The van der Waals surface area contributed by atoms with Crippen molar-refractivity contribution in [2.24, 2.45) is 11.7 Å². The Bertz CT molecular complexity index is 361. The van der Waals surface area contributed by atoms with Gasteiger partial charge >= 0.3 is 0 Å². The molecule has 0 heterocycles. The summed E-state index contributed by atoms with van der Waals surface area (Å²) in [6.45, 7) is 0. The molecule has 1 aliphatic rings. The first kappa shape index (κ1) is 12.4. The van der Waals surface area contributed by atoms with E-state index >= 15 is 0 Å². The van der Waals surface area contributed by atoms with Gasteiger partial charge in [-0.15, -0.1) is 0 Å². The van der Waals surface area contributed by atoms with Crippen LogP contribution in [-0.2, 0) is 0 Å². The van der Waals surface area contributed by atoms with E-state index in [1.54, 1.807) is 0 Å². The molecule has 0 spiro atoms. The highest BCUT2D eigenvalue weighted by molar-refractivity contribution is 9.10. The molecule has 1 aromatic rings. The maximum atomic E-state index is 6.22. The number of halogens is 2. The van der Waals surface area contributed by atoms with Crippen LogP contribution in [0, 0.1) is 5.92 Å². The Morgan fingerprint density at radius 1 is 1.38 bits per heavy atom. The molecule has 16 heavy (non-hydrogen) atoms. The minimum atomic E-state index is 0.133. The number of rotatable bonds is 3. The molecule has 88 valence electrons. The van der Waals surface area contributed by atoms with Crippen LogP contribution in [0.4, 0.5) is 0 Å². The first-order valence-electron chi connectivity index (χ1n) is 5.87. The van der Waals surface area contributed by atoms with Gasteiger partial charge in [0.1, 0.15) is 0 Å². The zero-order valence-electron chi connectivity index (χ0n) is 9.26. The molecule has 0 amide bonds. The lowest BCUT2D eigenvalue weighted by atomic mass is 9.94. The largest absolute Gasteiger partial charge is 0.324 e. The zero-order valence-corrected chi connectivity index (χ0v) is 11.6. The van der Waals surface area contributed by atoms with Crippen LogP contribution in [0.2, 0.25) is 5.02 Å². The van der Waals surface area contributed by atoms with Crippen molar-refractivity contribution < 1.29 is 0 Å². The molecule has 0 saturated heterocycles. The number of nitrogens with two attached hydrogens (primary N) is 1. The Balaban J connectivity index is 2.02. The van der Waals surface area contributed by atoms with E-state index in [-0.39, 0.29) is 6.04 Å². The first-order valence-corrected chi connectivity index (χ1v) is 7.04. The molecule has 3 heteroatoms. The van der Waals surface area contributed by atoms with Gasteiger partial charge in [0.15, 0.2) is 0 Å². The van der Waals surface area contributed by atoms with Crippen molar-refractivity contribution in [2.45, 2.75) is 38.1 Å². The minimum absolute atomic E-state index is 0.133. The molecule has 0 bridgehead atoms. The van der Waals surface area contributed by atoms with Crippen LogP contribution in [0.5, 0.6) is 0 Å². The third kappa shape index (κ3) is 2.99. The second-order valence-corrected chi connectivity index (χ2v) is 5.93. The average Bonchev–Trinajstić information content (AvgIpc) is 2.74. The lowest BCUT2D eigenvalue weighted by Crippen LogP contribution is -2.14. The van der Waals surface area contributed by atoms with Crippen LogP contribution in [-0.4, -0.2) is 0 Å². The van der Waals surface area contributed by atoms with Gasteiger partial charge in [-0.2, -0.15) is 0 Å². The van der Waals surface area contributed by atoms with Crippen molar-refractivity contribution in [1.82, 2.24) is 0 Å². The second-order valence-electron chi connectivity index (χ2n) is 4.67. The Labute approximate surface area is 110 Å². The lowest BCUT2D eigenvalue weighted by Gasteiger charge is -2.17. The van der Waals surface area contributed by atoms with Gasteiger partial charge in [0.2, 0.25) is 0 Å². The highest BCUT2D eigenvalue weighted by atomic mass is 79.9. The first-order chi connectivity index (χ1) is 7.66. The number of benzene rings is 1. The molecule has 1 aliphatic carbocycles. The molecule has 2 N–H and O–H groups in total. The minimum Gasteiger partial charge on any atom is -0.324 e. The van der Waals surface area contributed by atoms with Crippen LogP contribution >= 0.6 is 27.5 Å². The molecule has 1 atom stereocenters. The molecular formula is C13H17BrClN. The van der Waals surface area contributed by atoms with Crippen molar-refractivity contribution >= 4 is 27.5 Å². The van der Waals surface area contributed by atoms with Crippen molar-refractivity contribution in [2.75, 3.05) is 0 Å². The maximum Gasteiger partial charge on any atom is 0.0551 e. The molecule has 1 nitrogen and oxygen atoms in total. The highest BCUT2D eigenvalue weighted by Crippen LogP contribution is 2.33. The second kappa shape index (κ2) is 5.52. The maximum absolute atomic E-state index is 6.22. The van der Waals surface area contributed by atoms with Crippen LogP contribution in [0.1, 0.15) is 43.7 Å². The molecule has 2 rings (SSSR count). The van der Waals surface area contributed by atoms with E-state index in [9.17, 15) is 0 Å². The predicted octanol–water partition coefficient (Wildman–Crippen LogP) is 4.68. The van der Waals surface area contributed by atoms with E-state index in [4.69, 9.17) is 17.3 Å². The molecule has 1 saturated carbocycles. The number of hydrogen-bond acceptors (Lipinski definition) is 1. The Morgan fingerprint density at radius 3 is 2.69 bits per heavy atom. The van der Waals surface area contributed by atoms with Crippen molar-refractivity contribution in [1.29, 1.82) is 0 Å². The predicted molar refractivity (Wildman–Crippen MR) is 72.7 cm³/mol. The van der Waals surface area contributed by atoms with Gasteiger partial charge in [-0.3, -0.25) is 0 Å². The van der Waals surface area contributed by atoms with E-state index in [1.165, 1.54) is 25.7 Å². The fraction of sp³-hybridized carbons (Fsp3) is 0.538. The van der Waals surface area contributed by atoms with Crippen molar-refractivity contribution in [3.8, 4) is 0 Å². The number of hydrogen-bond donors (Lipinski definition) is 1. The molecule has 1 unspecified atom stereocenters. The fourth-order valence-electron chi connectivity index (χ4n) is 2.48. The topological polar surface area (TPSA) is 26.0 Å². The van der Waals surface area contributed by atoms with Crippen LogP contribution in [0.25, 0.3) is 0 Å². The van der Waals surface area contributed by atoms with Crippen molar-refractivity contribution in [3.05, 3.63) is 33.3 Å². The molecule has 1 fully saturated rings. The van der Waals surface area contributed by atoms with Gasteiger partial charge in [-0.1, -0.05) is 43.4 Å². The van der Waals surface area contributed by atoms with Gasteiger partial charge in [0, 0.05) is 10.5 Å². The summed E-state index contributed by atoms with van der Waals surface area (Å²) in [5, 5.41) is 0.749. The third-order valence-corrected chi connectivity index (χ3v) is 4.67. The van der Waals surface area contributed by atoms with E-state index < -0.39 is 0 Å². The Morgan fingerprint density at radius 2 is 2.06 bits per heavy atom. The summed E-state index contributed by atoms with van der Waals surface area (Å²) in [6, 6.07) is 6.15. The SMILES string of the molecule is NC(CC1CCCC1)c1ccc(Br)c(Cl)c1. The normalized spacial score (nSPS) is 18.9. The van der Waals surface area contributed by atoms with Gasteiger partial charge in [0.05, 0.1) is 5.02 Å². The molecule has 1 aromatic carbocycles. The van der Waals surface area contributed by atoms with E-state index in [0.717, 1.165) is 27.4 Å². The van der Waals surface area contributed by atoms with Crippen molar-refractivity contribution in [3.63, 3.8) is 0 Å². The quantitative estimate of drug-likeness (QED) is 0.862. The summed E-state index contributed by atoms with van der Waals surface area (Å²) in [6.07, 6.45) is 6.53. The van der Waals surface area contributed by atoms with Gasteiger partial charge in [0.25, 0.3) is 0 Å². The summed E-state index contributed by atoms with van der Waals surface area (Å²) >= 11 is 9.47. The average molecular weight is 303 g/mol. The lowest BCUT2D eigenvalue weighted by molar-refractivity contribution is 0.451. The van der Waals surface area contributed by atoms with Crippen LogP contribution < -0.4 is 5.73 Å². The standard InChI is InChI=1S/C13H17BrClN/c14-11-6-5-10(8-12(11)15)13(16)7-9-3-1-2-4-9/h5-6,8-9,13H,1-4,7,16H2. The highest BCUT2D eigenvalue weighted by Gasteiger charge is 2.19. The van der Waals surface area contributed by atoms with E-state index in [2.05, 4.69) is 22.0 Å². The summed E-state index contributed by atoms with van der Waals surface area (Å²) in [4.78, 5) is 0. The Hall–Kier alpha value is -0.0500. The smallest absolute Gasteiger partial charge is 0.0551 e. The van der Waals surface area contributed by atoms with Crippen LogP contribution in [0.15, 0.2) is 22.7 Å². The van der Waals surface area contributed by atoms with E-state index in [1.807, 2.05) is 12.1 Å². The summed E-state index contributed by atoms with van der Waals surface area (Å²) < 4.78 is 0.936. The molecule has 0 aromatic heterocycles. The molecule has 0 radical (unpaired) electrons. The summed E-state index contributed by atoms with van der Waals surface area (Å²) in [7, 11) is 0. The zero-order chi connectivity index (χ0) is 11.5. The van der Waals surface area contributed by atoms with Gasteiger partial charge in [-0.25, -0.2) is 0 Å². The summed E-state index contributed by atoms with van der Waals surface area (Å²) in [5.74, 6) is 0.817. The third-order valence-electron chi connectivity index (χ3n) is 3.43. The molecular weight excluding hydrogens is 286 g/mol. The summed E-state index contributed by atoms with van der Waals surface area (Å²) in [5.41, 5.74) is 7.37. The monoisotopic (exact) mass is 301 g/mol. The van der Waals surface area contributed by atoms with Crippen LogP contribution in [0.3, 0.4) is 0 Å². The fourth-order valence-corrected chi connectivity index (χ4v) is 2.92.